The van der Waals surface area contributed by atoms with E-state index in [-0.39, 0.29) is 5.15 Å². The number of fused-ring (bicyclic) bond motifs is 1. The van der Waals surface area contributed by atoms with E-state index in [1.54, 1.807) is 18.2 Å². The topological polar surface area (TPSA) is 87.6 Å². The average molecular weight is 220 g/mol. The molecule has 6 heteroatoms. The molecule has 0 saturated carbocycles. The number of nitrogens with two attached hydrogens (primary N) is 1. The molecular formula is C9H6ClN5. The van der Waals surface area contributed by atoms with Crippen molar-refractivity contribution in [2.45, 2.75) is 0 Å². The van der Waals surface area contributed by atoms with Crippen molar-refractivity contribution >= 4 is 28.5 Å². The van der Waals surface area contributed by atoms with Crippen molar-refractivity contribution in [1.82, 2.24) is 9.97 Å². The molecule has 0 aliphatic rings. The standard InChI is InChI=1S/C9H6ClN5/c10-8-9(15-12)14-6-2-1-5(4-11)3-7(6)13-8/h1-3H,12H2,(H,14,15). The van der Waals surface area contributed by atoms with Gasteiger partial charge >= 0.3 is 0 Å². The maximum absolute atomic E-state index is 8.70. The van der Waals surface area contributed by atoms with Crippen LogP contribution in [0, 0.1) is 11.3 Å². The van der Waals surface area contributed by atoms with E-state index in [0.29, 0.717) is 22.4 Å². The first kappa shape index (κ1) is 9.65. The molecule has 2 aromatic rings. The van der Waals surface area contributed by atoms with Crippen LogP contribution in [0.15, 0.2) is 18.2 Å². The quantitative estimate of drug-likeness (QED) is 0.560. The van der Waals surface area contributed by atoms with E-state index >= 15 is 0 Å². The van der Waals surface area contributed by atoms with Crippen LogP contribution in [0.4, 0.5) is 5.82 Å². The largest absolute Gasteiger partial charge is 0.306 e. The predicted molar refractivity (Wildman–Crippen MR) is 57.1 cm³/mol. The zero-order valence-corrected chi connectivity index (χ0v) is 8.28. The Morgan fingerprint density at radius 2 is 2.13 bits per heavy atom. The molecular weight excluding hydrogens is 214 g/mol. The van der Waals surface area contributed by atoms with Crippen LogP contribution in [-0.2, 0) is 0 Å². The normalized spacial score (nSPS) is 9.93. The number of benzene rings is 1. The van der Waals surface area contributed by atoms with E-state index in [1.807, 2.05) is 6.07 Å². The van der Waals surface area contributed by atoms with E-state index in [2.05, 4.69) is 15.4 Å². The van der Waals surface area contributed by atoms with E-state index < -0.39 is 0 Å². The third kappa shape index (κ3) is 1.68. The highest BCUT2D eigenvalue weighted by atomic mass is 35.5. The summed E-state index contributed by atoms with van der Waals surface area (Å²) in [5.74, 6) is 5.52. The number of aromatic nitrogens is 2. The summed E-state index contributed by atoms with van der Waals surface area (Å²) in [6.07, 6.45) is 0. The Morgan fingerprint density at radius 1 is 1.33 bits per heavy atom. The van der Waals surface area contributed by atoms with Gasteiger partial charge in [-0.15, -0.1) is 0 Å². The molecule has 0 fully saturated rings. The summed E-state index contributed by atoms with van der Waals surface area (Å²) < 4.78 is 0. The fourth-order valence-corrected chi connectivity index (χ4v) is 1.38. The molecule has 0 aliphatic heterocycles. The molecule has 5 nitrogen and oxygen atoms in total. The van der Waals surface area contributed by atoms with Gasteiger partial charge in [-0.3, -0.25) is 0 Å². The zero-order valence-electron chi connectivity index (χ0n) is 7.53. The van der Waals surface area contributed by atoms with Gasteiger partial charge in [0.05, 0.1) is 22.7 Å². The highest BCUT2D eigenvalue weighted by molar-refractivity contribution is 6.32. The Hall–Kier alpha value is -1.90. The summed E-state index contributed by atoms with van der Waals surface area (Å²) in [6, 6.07) is 6.99. The zero-order chi connectivity index (χ0) is 10.8. The predicted octanol–water partition coefficient (Wildman–Crippen LogP) is 1.44. The van der Waals surface area contributed by atoms with Crippen LogP contribution in [0.5, 0.6) is 0 Å². The van der Waals surface area contributed by atoms with Crippen molar-refractivity contribution < 1.29 is 0 Å². The van der Waals surface area contributed by atoms with Gasteiger partial charge < -0.3 is 5.43 Å². The molecule has 1 aromatic carbocycles. The maximum atomic E-state index is 8.70. The van der Waals surface area contributed by atoms with Gasteiger partial charge in [0.2, 0.25) is 0 Å². The highest BCUT2D eigenvalue weighted by Gasteiger charge is 2.05. The summed E-state index contributed by atoms with van der Waals surface area (Å²) in [4.78, 5) is 8.19. The van der Waals surface area contributed by atoms with Crippen molar-refractivity contribution in [2.24, 2.45) is 5.84 Å². The van der Waals surface area contributed by atoms with Gasteiger partial charge in [-0.25, -0.2) is 15.8 Å². The number of hydrazine groups is 1. The second-order valence-corrected chi connectivity index (χ2v) is 3.18. The number of hydrogen-bond acceptors (Lipinski definition) is 5. The van der Waals surface area contributed by atoms with Crippen LogP contribution >= 0.6 is 11.6 Å². The van der Waals surface area contributed by atoms with Crippen LogP contribution in [0.2, 0.25) is 5.15 Å². The van der Waals surface area contributed by atoms with Crippen molar-refractivity contribution in [1.29, 1.82) is 5.26 Å². The lowest BCUT2D eigenvalue weighted by Gasteiger charge is -2.03. The van der Waals surface area contributed by atoms with Gasteiger partial charge in [0.25, 0.3) is 0 Å². The van der Waals surface area contributed by atoms with Gasteiger partial charge in [0, 0.05) is 0 Å². The smallest absolute Gasteiger partial charge is 0.178 e. The molecule has 1 aromatic heterocycles. The van der Waals surface area contributed by atoms with Crippen LogP contribution in [-0.4, -0.2) is 9.97 Å². The van der Waals surface area contributed by atoms with Crippen LogP contribution in [0.1, 0.15) is 5.56 Å². The average Bonchev–Trinajstić information content (AvgIpc) is 2.27. The van der Waals surface area contributed by atoms with Crippen LogP contribution < -0.4 is 11.3 Å². The van der Waals surface area contributed by atoms with Crippen molar-refractivity contribution in [3.63, 3.8) is 0 Å². The number of nitriles is 1. The first-order valence-corrected chi connectivity index (χ1v) is 4.46. The van der Waals surface area contributed by atoms with E-state index in [9.17, 15) is 0 Å². The number of nitrogens with one attached hydrogen (secondary N) is 1. The molecule has 0 bridgehead atoms. The molecule has 0 saturated heterocycles. The summed E-state index contributed by atoms with van der Waals surface area (Å²) in [5, 5.41) is 8.88. The SMILES string of the molecule is N#Cc1ccc2nc(NN)c(Cl)nc2c1. The minimum absolute atomic E-state index is 0.181. The monoisotopic (exact) mass is 219 g/mol. The second kappa shape index (κ2) is 3.69. The Kier molecular flexibility index (Phi) is 2.37. The highest BCUT2D eigenvalue weighted by Crippen LogP contribution is 2.20. The van der Waals surface area contributed by atoms with Gasteiger partial charge in [0.1, 0.15) is 0 Å². The number of nitrogens with zero attached hydrogens (tertiary/aromatic N) is 3. The van der Waals surface area contributed by atoms with Crippen LogP contribution in [0.3, 0.4) is 0 Å². The minimum Gasteiger partial charge on any atom is -0.306 e. The molecule has 0 spiro atoms. The molecule has 2 rings (SSSR count). The Labute approximate surface area is 90.5 Å². The molecule has 15 heavy (non-hydrogen) atoms. The van der Waals surface area contributed by atoms with Crippen LogP contribution in [0.25, 0.3) is 11.0 Å². The van der Waals surface area contributed by atoms with E-state index in [1.165, 1.54) is 0 Å². The first-order valence-electron chi connectivity index (χ1n) is 4.08. The molecule has 1 heterocycles. The third-order valence-corrected chi connectivity index (χ3v) is 2.15. The van der Waals surface area contributed by atoms with Crippen molar-refractivity contribution in [3.05, 3.63) is 28.9 Å². The summed E-state index contributed by atoms with van der Waals surface area (Å²) in [7, 11) is 0. The number of halogens is 1. The summed E-state index contributed by atoms with van der Waals surface area (Å²) in [5.41, 5.74) is 4.06. The number of anilines is 1. The third-order valence-electron chi connectivity index (χ3n) is 1.89. The lowest BCUT2D eigenvalue weighted by molar-refractivity contribution is 1.21. The molecule has 0 aliphatic carbocycles. The molecule has 0 radical (unpaired) electrons. The molecule has 0 unspecified atom stereocenters. The Morgan fingerprint density at radius 3 is 2.80 bits per heavy atom. The first-order chi connectivity index (χ1) is 7.24. The van der Waals surface area contributed by atoms with Gasteiger partial charge in [-0.1, -0.05) is 11.6 Å². The number of rotatable bonds is 1. The second-order valence-electron chi connectivity index (χ2n) is 2.82. The Bertz CT molecular complexity index is 560. The fraction of sp³-hybridized carbons (Fsp3) is 0. The minimum atomic E-state index is 0.181. The summed E-state index contributed by atoms with van der Waals surface area (Å²) in [6.45, 7) is 0. The summed E-state index contributed by atoms with van der Waals surface area (Å²) >= 11 is 5.80. The van der Waals surface area contributed by atoms with Gasteiger partial charge in [-0.2, -0.15) is 5.26 Å². The van der Waals surface area contributed by atoms with E-state index in [0.717, 1.165) is 0 Å². The van der Waals surface area contributed by atoms with Gasteiger partial charge in [-0.05, 0) is 18.2 Å². The van der Waals surface area contributed by atoms with Crippen molar-refractivity contribution in [3.8, 4) is 6.07 Å². The van der Waals surface area contributed by atoms with Crippen molar-refractivity contribution in [2.75, 3.05) is 5.43 Å². The molecule has 74 valence electrons. The maximum Gasteiger partial charge on any atom is 0.178 e. The molecule has 0 amide bonds. The Balaban J connectivity index is 2.71. The number of nitrogen functional groups attached to an aromatic ring is 1. The van der Waals surface area contributed by atoms with E-state index in [4.69, 9.17) is 22.7 Å². The fourth-order valence-electron chi connectivity index (χ4n) is 1.19. The molecule has 0 atom stereocenters. The lowest BCUT2D eigenvalue weighted by atomic mass is 10.2. The number of hydrogen-bond donors (Lipinski definition) is 2. The molecule has 3 N–H and O–H groups in total. The lowest BCUT2D eigenvalue weighted by Crippen LogP contribution is -2.09. The van der Waals surface area contributed by atoms with Gasteiger partial charge in [0.15, 0.2) is 11.0 Å².